The summed E-state index contributed by atoms with van der Waals surface area (Å²) >= 11 is 0. The topological polar surface area (TPSA) is 26.3 Å². The highest BCUT2D eigenvalue weighted by Crippen LogP contribution is 2.68. The van der Waals surface area contributed by atoms with Gasteiger partial charge in [-0.1, -0.05) is 144 Å². The van der Waals surface area contributed by atoms with Crippen LogP contribution >= 0.6 is 0 Å². The molecule has 268 valence electrons. The molecule has 0 aromatic carbocycles. The molecule has 2 heteroatoms. The monoisotopic (exact) mass is 641 g/mol. The standard InChI is InChI=1S/C44H80O2/c1-7-8-9-10-11-12-13-14-15-16-17-18-19-20-24-42(45)46-37-29-31-43(5)36(33-37)25-26-38-40-28-27-39(35(4)23-21-22-34(2)3)44(40,6)32-30-41(38)43/h34-41H,7-33H2,1-6H3/t35-,36+,37+,38+,39-,40+,41+,43+,44-/m1/s1. The molecule has 0 spiro atoms. The Hall–Kier alpha value is -0.530. The van der Waals surface area contributed by atoms with Crippen LogP contribution in [0.1, 0.15) is 215 Å². The average Bonchev–Trinajstić information content (AvgIpc) is 3.38. The lowest BCUT2D eigenvalue weighted by Crippen LogP contribution is -2.54. The van der Waals surface area contributed by atoms with E-state index in [-0.39, 0.29) is 12.1 Å². The summed E-state index contributed by atoms with van der Waals surface area (Å²) < 4.78 is 6.17. The van der Waals surface area contributed by atoms with E-state index in [0.717, 1.165) is 60.7 Å². The van der Waals surface area contributed by atoms with Gasteiger partial charge in [0.2, 0.25) is 0 Å². The molecule has 0 amide bonds. The molecule has 46 heavy (non-hydrogen) atoms. The molecule has 0 bridgehead atoms. The van der Waals surface area contributed by atoms with E-state index in [1.807, 2.05) is 0 Å². The zero-order valence-electron chi connectivity index (χ0n) is 32.0. The van der Waals surface area contributed by atoms with Crippen LogP contribution in [0.2, 0.25) is 0 Å². The molecular formula is C44H80O2. The summed E-state index contributed by atoms with van der Waals surface area (Å²) in [5.74, 6) is 6.36. The maximum absolute atomic E-state index is 12.8. The smallest absolute Gasteiger partial charge is 0.306 e. The van der Waals surface area contributed by atoms with Crippen LogP contribution in [0, 0.1) is 52.3 Å². The van der Waals surface area contributed by atoms with Crippen LogP contribution < -0.4 is 0 Å². The SMILES string of the molecule is CCCCCCCCCCCCCCCCC(=O)O[C@H]1CC[C@@]2(C)[C@@H](CC[C@@H]3[C@@H]2CC[C@]2(C)[C@@H]([C@H](C)CCCC(C)C)CC[C@@H]32)C1. The van der Waals surface area contributed by atoms with Crippen LogP contribution in [0.25, 0.3) is 0 Å². The van der Waals surface area contributed by atoms with E-state index in [1.54, 1.807) is 0 Å². The summed E-state index contributed by atoms with van der Waals surface area (Å²) in [5, 5.41) is 0. The number of rotatable bonds is 21. The minimum Gasteiger partial charge on any atom is -0.462 e. The van der Waals surface area contributed by atoms with Crippen molar-refractivity contribution >= 4 is 5.97 Å². The van der Waals surface area contributed by atoms with E-state index in [1.165, 1.54) is 148 Å². The Morgan fingerprint density at radius 1 is 0.652 bits per heavy atom. The van der Waals surface area contributed by atoms with E-state index < -0.39 is 0 Å². The molecule has 0 N–H and O–H groups in total. The third-order valence-electron chi connectivity index (χ3n) is 14.9. The van der Waals surface area contributed by atoms with Gasteiger partial charge in [-0.25, -0.2) is 0 Å². The summed E-state index contributed by atoms with van der Waals surface area (Å²) in [7, 11) is 0. The lowest BCUT2D eigenvalue weighted by Gasteiger charge is -2.61. The molecular weight excluding hydrogens is 560 g/mol. The zero-order chi connectivity index (χ0) is 33.0. The summed E-state index contributed by atoms with van der Waals surface area (Å²) in [6.07, 6.45) is 36.4. The molecule has 4 fully saturated rings. The van der Waals surface area contributed by atoms with Crippen molar-refractivity contribution in [3.8, 4) is 0 Å². The van der Waals surface area contributed by atoms with E-state index in [0.29, 0.717) is 17.3 Å². The Balaban J connectivity index is 1.10. The molecule has 4 aliphatic rings. The second-order valence-corrected chi connectivity index (χ2v) is 18.4. The van der Waals surface area contributed by atoms with Crippen molar-refractivity contribution in [2.75, 3.05) is 0 Å². The van der Waals surface area contributed by atoms with Crippen molar-refractivity contribution in [3.05, 3.63) is 0 Å². The van der Waals surface area contributed by atoms with Crippen LogP contribution in [0.3, 0.4) is 0 Å². The van der Waals surface area contributed by atoms with Crippen molar-refractivity contribution < 1.29 is 9.53 Å². The quantitative estimate of drug-likeness (QED) is 0.0921. The second-order valence-electron chi connectivity index (χ2n) is 18.4. The van der Waals surface area contributed by atoms with Gasteiger partial charge in [-0.3, -0.25) is 4.79 Å². The van der Waals surface area contributed by atoms with E-state index in [9.17, 15) is 4.79 Å². The van der Waals surface area contributed by atoms with Gasteiger partial charge in [0.15, 0.2) is 0 Å². The summed E-state index contributed by atoms with van der Waals surface area (Å²) in [6, 6.07) is 0. The highest BCUT2D eigenvalue weighted by atomic mass is 16.5. The number of fused-ring (bicyclic) bond motifs is 5. The number of ether oxygens (including phenoxy) is 1. The Morgan fingerprint density at radius 2 is 1.24 bits per heavy atom. The largest absolute Gasteiger partial charge is 0.462 e. The third-order valence-corrected chi connectivity index (χ3v) is 14.9. The van der Waals surface area contributed by atoms with Crippen molar-refractivity contribution in [1.82, 2.24) is 0 Å². The van der Waals surface area contributed by atoms with Gasteiger partial charge >= 0.3 is 5.97 Å². The predicted octanol–water partition coefficient (Wildman–Crippen LogP) is 13.9. The van der Waals surface area contributed by atoms with Crippen molar-refractivity contribution in [3.63, 3.8) is 0 Å². The Bertz CT molecular complexity index is 864. The van der Waals surface area contributed by atoms with E-state index in [4.69, 9.17) is 4.74 Å². The lowest BCUT2D eigenvalue weighted by atomic mass is 9.44. The average molecular weight is 641 g/mol. The molecule has 0 aliphatic heterocycles. The first-order valence-electron chi connectivity index (χ1n) is 21.4. The Kier molecular flexibility index (Phi) is 15.8. The number of carbonyl (C=O) groups is 1. The predicted molar refractivity (Wildman–Crippen MR) is 198 cm³/mol. The molecule has 0 heterocycles. The number of hydrogen-bond acceptors (Lipinski definition) is 2. The maximum atomic E-state index is 12.8. The summed E-state index contributed by atoms with van der Waals surface area (Å²) in [5.41, 5.74) is 1.06. The van der Waals surface area contributed by atoms with E-state index in [2.05, 4.69) is 41.5 Å². The fourth-order valence-corrected chi connectivity index (χ4v) is 12.1. The number of unbranched alkanes of at least 4 members (excludes halogenated alkanes) is 13. The highest BCUT2D eigenvalue weighted by molar-refractivity contribution is 5.69. The van der Waals surface area contributed by atoms with Crippen LogP contribution in [0.5, 0.6) is 0 Å². The fourth-order valence-electron chi connectivity index (χ4n) is 12.1. The second kappa shape index (κ2) is 19.0. The molecule has 4 rings (SSSR count). The Morgan fingerprint density at radius 3 is 1.87 bits per heavy atom. The van der Waals surface area contributed by atoms with Crippen LogP contribution in [-0.4, -0.2) is 12.1 Å². The van der Waals surface area contributed by atoms with Crippen molar-refractivity contribution in [2.45, 2.75) is 221 Å². The molecule has 0 saturated heterocycles. The number of carbonyl (C=O) groups excluding carboxylic acids is 1. The van der Waals surface area contributed by atoms with Gasteiger partial charge in [0.25, 0.3) is 0 Å². The van der Waals surface area contributed by atoms with Gasteiger partial charge < -0.3 is 4.74 Å². The maximum Gasteiger partial charge on any atom is 0.306 e. The Labute approximate surface area is 288 Å². The summed E-state index contributed by atoms with van der Waals surface area (Å²) in [4.78, 5) is 12.8. The molecule has 0 radical (unpaired) electrons. The van der Waals surface area contributed by atoms with Crippen molar-refractivity contribution in [2.24, 2.45) is 52.3 Å². The van der Waals surface area contributed by atoms with Gasteiger partial charge in [-0.2, -0.15) is 0 Å². The molecule has 2 nitrogen and oxygen atoms in total. The van der Waals surface area contributed by atoms with Gasteiger partial charge in [0.05, 0.1) is 0 Å². The third kappa shape index (κ3) is 10.2. The number of esters is 1. The first-order chi connectivity index (χ1) is 22.2. The molecule has 0 aromatic rings. The molecule has 0 unspecified atom stereocenters. The van der Waals surface area contributed by atoms with Crippen LogP contribution in [0.4, 0.5) is 0 Å². The first-order valence-corrected chi connectivity index (χ1v) is 21.4. The normalized spacial score (nSPS) is 34.6. The van der Waals surface area contributed by atoms with Crippen molar-refractivity contribution in [1.29, 1.82) is 0 Å². The molecule has 4 saturated carbocycles. The van der Waals surface area contributed by atoms with Gasteiger partial charge in [0, 0.05) is 6.42 Å². The summed E-state index contributed by atoms with van der Waals surface area (Å²) in [6.45, 7) is 15.1. The van der Waals surface area contributed by atoms with Crippen LogP contribution in [-0.2, 0) is 9.53 Å². The lowest BCUT2D eigenvalue weighted by molar-refractivity contribution is -0.162. The first kappa shape index (κ1) is 38.3. The minimum absolute atomic E-state index is 0.0918. The molecule has 0 aromatic heterocycles. The fraction of sp³-hybridized carbons (Fsp3) is 0.977. The molecule has 4 aliphatic carbocycles. The van der Waals surface area contributed by atoms with Gasteiger partial charge in [-0.05, 0) is 116 Å². The number of hydrogen-bond donors (Lipinski definition) is 0. The zero-order valence-corrected chi connectivity index (χ0v) is 32.0. The van der Waals surface area contributed by atoms with E-state index >= 15 is 0 Å². The molecule has 9 atom stereocenters. The van der Waals surface area contributed by atoms with Gasteiger partial charge in [-0.15, -0.1) is 0 Å². The highest BCUT2D eigenvalue weighted by Gasteiger charge is 2.60. The van der Waals surface area contributed by atoms with Gasteiger partial charge in [0.1, 0.15) is 6.10 Å². The minimum atomic E-state index is 0.0918. The van der Waals surface area contributed by atoms with Crippen LogP contribution in [0.15, 0.2) is 0 Å².